The second kappa shape index (κ2) is 9.12. The summed E-state index contributed by atoms with van der Waals surface area (Å²) in [6.45, 7) is 0. The molecule has 2 amide bonds. The Morgan fingerprint density at radius 3 is 2.63 bits per heavy atom. The summed E-state index contributed by atoms with van der Waals surface area (Å²) in [5.74, 6) is -0.740. The van der Waals surface area contributed by atoms with Gasteiger partial charge in [-0.05, 0) is 34.5 Å². The summed E-state index contributed by atoms with van der Waals surface area (Å²) in [6.07, 6.45) is 6.99. The lowest BCUT2D eigenvalue weighted by Gasteiger charge is -2.12. The Labute approximate surface area is 178 Å². The number of amides is 2. The van der Waals surface area contributed by atoms with E-state index in [0.717, 1.165) is 21.9 Å². The molecule has 0 atom stereocenters. The molecule has 3 aromatic carbocycles. The predicted molar refractivity (Wildman–Crippen MR) is 117 cm³/mol. The molecule has 3 rings (SSSR count). The number of carbonyl (C=O) groups excluding carboxylic acids is 2. The van der Waals surface area contributed by atoms with E-state index in [1.807, 2.05) is 36.4 Å². The highest BCUT2D eigenvalue weighted by Gasteiger charge is 2.12. The maximum Gasteiger partial charge on any atom is 0.271 e. The number of halogens is 1. The van der Waals surface area contributed by atoms with Crippen LogP contribution in [0.5, 0.6) is 5.75 Å². The summed E-state index contributed by atoms with van der Waals surface area (Å²) in [5, 5.41) is 15.3. The van der Waals surface area contributed by atoms with Gasteiger partial charge < -0.3 is 5.11 Å². The number of benzene rings is 3. The molecule has 6 nitrogen and oxygen atoms in total. The van der Waals surface area contributed by atoms with E-state index in [0.29, 0.717) is 0 Å². The van der Waals surface area contributed by atoms with Gasteiger partial charge in [-0.1, -0.05) is 54.4 Å². The molecule has 0 saturated heterocycles. The number of carbonyl (C=O) groups is 2. The zero-order chi connectivity index (χ0) is 21.7. The second-order valence-corrected chi connectivity index (χ2v) is 6.89. The van der Waals surface area contributed by atoms with Crippen molar-refractivity contribution >= 4 is 40.4 Å². The summed E-state index contributed by atoms with van der Waals surface area (Å²) >= 11 is 5.83. The van der Waals surface area contributed by atoms with Gasteiger partial charge in [0.1, 0.15) is 5.75 Å². The Bertz CT molecular complexity index is 1200. The maximum absolute atomic E-state index is 12.2. The van der Waals surface area contributed by atoms with E-state index in [1.165, 1.54) is 29.3 Å². The van der Waals surface area contributed by atoms with Gasteiger partial charge in [-0.25, -0.2) is 5.43 Å². The minimum Gasteiger partial charge on any atom is -0.506 e. The quantitative estimate of drug-likeness (QED) is 0.287. The van der Waals surface area contributed by atoms with Crippen LogP contribution < -0.4 is 5.43 Å². The van der Waals surface area contributed by atoms with Crippen molar-refractivity contribution in [2.45, 2.75) is 6.42 Å². The fourth-order valence-electron chi connectivity index (χ4n) is 2.88. The number of nitrogens with zero attached hydrogens (tertiary/aromatic N) is 2. The molecule has 0 aliphatic rings. The van der Waals surface area contributed by atoms with Crippen molar-refractivity contribution in [2.24, 2.45) is 5.10 Å². The molecule has 3 aromatic rings. The van der Waals surface area contributed by atoms with Gasteiger partial charge in [-0.15, -0.1) is 0 Å². The van der Waals surface area contributed by atoms with Crippen molar-refractivity contribution in [3.63, 3.8) is 0 Å². The number of rotatable bonds is 5. The number of phenols is 1. The fourth-order valence-corrected chi connectivity index (χ4v) is 3.06. The lowest BCUT2D eigenvalue weighted by Crippen LogP contribution is -2.23. The molecule has 0 spiro atoms. The number of fused-ring (bicyclic) bond motifs is 1. The molecule has 0 aromatic heterocycles. The van der Waals surface area contributed by atoms with Crippen LogP contribution in [0.15, 0.2) is 59.7 Å². The third kappa shape index (κ3) is 4.59. The first-order chi connectivity index (χ1) is 14.4. The van der Waals surface area contributed by atoms with Gasteiger partial charge in [0.15, 0.2) is 0 Å². The van der Waals surface area contributed by atoms with E-state index in [9.17, 15) is 14.7 Å². The Kier molecular flexibility index (Phi) is 6.35. The molecule has 0 radical (unpaired) electrons. The van der Waals surface area contributed by atoms with E-state index in [4.69, 9.17) is 18.0 Å². The predicted octanol–water partition coefficient (Wildman–Crippen LogP) is 3.55. The van der Waals surface area contributed by atoms with Gasteiger partial charge in [0, 0.05) is 24.2 Å². The van der Waals surface area contributed by atoms with E-state index >= 15 is 0 Å². The first kappa shape index (κ1) is 20.9. The lowest BCUT2D eigenvalue weighted by molar-refractivity contribution is -0.126. The minimum atomic E-state index is -0.461. The normalized spacial score (nSPS) is 10.7. The van der Waals surface area contributed by atoms with Crippen LogP contribution in [0.1, 0.15) is 21.5 Å². The Hall–Kier alpha value is -3.82. The highest BCUT2D eigenvalue weighted by atomic mass is 35.5. The topological polar surface area (TPSA) is 82.0 Å². The second-order valence-electron chi connectivity index (χ2n) is 6.48. The summed E-state index contributed by atoms with van der Waals surface area (Å²) in [5.41, 5.74) is 4.32. The monoisotopic (exact) mass is 419 g/mol. The van der Waals surface area contributed by atoms with Crippen molar-refractivity contribution in [1.82, 2.24) is 10.3 Å². The highest BCUT2D eigenvalue weighted by Crippen LogP contribution is 2.24. The van der Waals surface area contributed by atoms with Crippen molar-refractivity contribution < 1.29 is 14.7 Å². The van der Waals surface area contributed by atoms with Gasteiger partial charge >= 0.3 is 0 Å². The van der Waals surface area contributed by atoms with E-state index in [2.05, 4.69) is 16.6 Å². The Morgan fingerprint density at radius 1 is 1.20 bits per heavy atom. The average molecular weight is 420 g/mol. The number of likely N-dealkylation sites (N-methyl/N-ethyl adjacent to an activating group) is 1. The van der Waals surface area contributed by atoms with Gasteiger partial charge in [-0.3, -0.25) is 14.5 Å². The summed E-state index contributed by atoms with van der Waals surface area (Å²) in [4.78, 5) is 25.6. The van der Waals surface area contributed by atoms with E-state index in [-0.39, 0.29) is 28.7 Å². The molecule has 0 aliphatic carbocycles. The van der Waals surface area contributed by atoms with Crippen LogP contribution in [-0.2, 0) is 11.2 Å². The number of hydrogen-bond donors (Lipinski definition) is 2. The van der Waals surface area contributed by atoms with Crippen LogP contribution in [0.2, 0.25) is 5.02 Å². The third-order valence-corrected chi connectivity index (χ3v) is 4.84. The van der Waals surface area contributed by atoms with Crippen molar-refractivity contribution in [3.05, 3.63) is 76.3 Å². The van der Waals surface area contributed by atoms with Gasteiger partial charge in [0.2, 0.25) is 5.91 Å². The largest absolute Gasteiger partial charge is 0.506 e. The van der Waals surface area contributed by atoms with Crippen LogP contribution in [0.3, 0.4) is 0 Å². The first-order valence-electron chi connectivity index (χ1n) is 8.96. The summed E-state index contributed by atoms with van der Waals surface area (Å²) < 4.78 is 0. The molecular weight excluding hydrogens is 402 g/mol. The molecule has 150 valence electrons. The molecule has 7 heteroatoms. The van der Waals surface area contributed by atoms with E-state index < -0.39 is 5.91 Å². The molecule has 0 saturated carbocycles. The molecule has 0 fully saturated rings. The van der Waals surface area contributed by atoms with Gasteiger partial charge in [-0.2, -0.15) is 5.10 Å². The van der Waals surface area contributed by atoms with Crippen molar-refractivity contribution in [2.75, 3.05) is 7.05 Å². The Balaban J connectivity index is 1.82. The molecule has 0 aliphatic heterocycles. The van der Waals surface area contributed by atoms with E-state index in [1.54, 1.807) is 7.05 Å². The lowest BCUT2D eigenvalue weighted by atomic mass is 9.98. The van der Waals surface area contributed by atoms with Crippen LogP contribution in [-0.4, -0.2) is 35.1 Å². The molecule has 2 N–H and O–H groups in total. The number of nitrogens with one attached hydrogen (secondary N) is 1. The minimum absolute atomic E-state index is 0.0817. The fraction of sp³-hybridized carbons (Fsp3) is 0.0870. The molecular formula is C23H18ClN3O3. The molecule has 30 heavy (non-hydrogen) atoms. The van der Waals surface area contributed by atoms with Crippen LogP contribution in [0.4, 0.5) is 0 Å². The first-order valence-corrected chi connectivity index (χ1v) is 9.34. The number of phenolic OH excluding ortho intramolecular Hbond substituents is 1. The van der Waals surface area contributed by atoms with Gasteiger partial charge in [0.25, 0.3) is 5.91 Å². The standard InChI is InChI=1S/C23H18ClN3O3/c1-3-27(2)22(29)13-15-8-9-17(19-7-5-4-6-18(15)19)14-25-26-23(30)16-10-11-21(28)20(24)12-16/h1,4-12,14,28H,13H2,2H3,(H,26,30)/b25-14+. The summed E-state index contributed by atoms with van der Waals surface area (Å²) in [7, 11) is 1.55. The zero-order valence-corrected chi connectivity index (χ0v) is 16.8. The number of aromatic hydroxyl groups is 1. The molecule has 0 unspecified atom stereocenters. The molecule has 0 heterocycles. The third-order valence-electron chi connectivity index (χ3n) is 4.54. The number of hydrazone groups is 1. The van der Waals surface area contributed by atoms with Crippen LogP contribution in [0.25, 0.3) is 10.8 Å². The smallest absolute Gasteiger partial charge is 0.271 e. The number of hydrogen-bond acceptors (Lipinski definition) is 4. The summed E-state index contributed by atoms with van der Waals surface area (Å²) in [6, 6.07) is 17.7. The Morgan fingerprint density at radius 2 is 1.93 bits per heavy atom. The van der Waals surface area contributed by atoms with Crippen molar-refractivity contribution in [3.8, 4) is 18.2 Å². The number of terminal acetylenes is 1. The van der Waals surface area contributed by atoms with Crippen molar-refractivity contribution in [1.29, 1.82) is 0 Å². The zero-order valence-electron chi connectivity index (χ0n) is 16.1. The SMILES string of the molecule is C#CN(C)C(=O)Cc1ccc(/C=N/NC(=O)c2ccc(O)c(Cl)c2)c2ccccc12. The van der Waals surface area contributed by atoms with Crippen LogP contribution >= 0.6 is 11.6 Å². The van der Waals surface area contributed by atoms with Gasteiger partial charge in [0.05, 0.1) is 17.7 Å². The maximum atomic E-state index is 12.2. The van der Waals surface area contributed by atoms with Crippen LogP contribution in [0, 0.1) is 12.5 Å². The molecule has 0 bridgehead atoms. The average Bonchev–Trinajstić information content (AvgIpc) is 2.76. The highest BCUT2D eigenvalue weighted by molar-refractivity contribution is 6.32.